The summed E-state index contributed by atoms with van der Waals surface area (Å²) < 4.78 is 0.702. The fourth-order valence-corrected chi connectivity index (χ4v) is 1.97. The quantitative estimate of drug-likeness (QED) is 0.889. The molecule has 0 saturated heterocycles. The Bertz CT molecular complexity index is 476. The van der Waals surface area contributed by atoms with E-state index in [4.69, 9.17) is 16.7 Å². The van der Waals surface area contributed by atoms with Crippen molar-refractivity contribution in [2.24, 2.45) is 5.92 Å². The minimum atomic E-state index is -1.07. The van der Waals surface area contributed by atoms with Crippen LogP contribution in [-0.2, 0) is 4.79 Å². The van der Waals surface area contributed by atoms with Crippen molar-refractivity contribution in [3.8, 4) is 0 Å². The van der Waals surface area contributed by atoms with Crippen molar-refractivity contribution >= 4 is 39.4 Å². The summed E-state index contributed by atoms with van der Waals surface area (Å²) in [5.74, 6) is -1.77. The topological polar surface area (TPSA) is 66.4 Å². The van der Waals surface area contributed by atoms with Gasteiger partial charge in [-0.2, -0.15) is 0 Å². The number of benzene rings is 1. The van der Waals surface area contributed by atoms with Crippen molar-refractivity contribution in [2.45, 2.75) is 19.9 Å². The zero-order valence-corrected chi connectivity index (χ0v) is 12.2. The predicted molar refractivity (Wildman–Crippen MR) is 72.9 cm³/mol. The van der Waals surface area contributed by atoms with Gasteiger partial charge in [0.25, 0.3) is 5.91 Å². The van der Waals surface area contributed by atoms with E-state index >= 15 is 0 Å². The van der Waals surface area contributed by atoms with Crippen LogP contribution in [0.15, 0.2) is 22.7 Å². The Morgan fingerprint density at radius 1 is 1.39 bits per heavy atom. The van der Waals surface area contributed by atoms with Gasteiger partial charge in [0.2, 0.25) is 0 Å². The van der Waals surface area contributed by atoms with Crippen molar-refractivity contribution in [2.75, 3.05) is 0 Å². The van der Waals surface area contributed by atoms with Gasteiger partial charge in [0.1, 0.15) is 6.04 Å². The summed E-state index contributed by atoms with van der Waals surface area (Å²) >= 11 is 9.14. The predicted octanol–water partition coefficient (Wildman–Crippen LogP) is 2.94. The second-order valence-electron chi connectivity index (χ2n) is 4.16. The highest BCUT2D eigenvalue weighted by atomic mass is 79.9. The van der Waals surface area contributed by atoms with E-state index in [0.29, 0.717) is 4.47 Å². The lowest BCUT2D eigenvalue weighted by atomic mass is 10.0. The van der Waals surface area contributed by atoms with Crippen LogP contribution in [0.3, 0.4) is 0 Å². The second-order valence-corrected chi connectivity index (χ2v) is 5.48. The van der Waals surface area contributed by atoms with Crippen LogP contribution >= 0.6 is 27.5 Å². The molecule has 0 bridgehead atoms. The van der Waals surface area contributed by atoms with Crippen LogP contribution in [0.5, 0.6) is 0 Å². The molecule has 0 heterocycles. The van der Waals surface area contributed by atoms with Gasteiger partial charge in [-0.05, 0) is 24.1 Å². The van der Waals surface area contributed by atoms with E-state index in [9.17, 15) is 9.59 Å². The van der Waals surface area contributed by atoms with Gasteiger partial charge in [-0.15, -0.1) is 0 Å². The first-order chi connectivity index (χ1) is 8.32. The van der Waals surface area contributed by atoms with Gasteiger partial charge in [-0.3, -0.25) is 4.79 Å². The number of aliphatic carboxylic acids is 1. The third-order valence-electron chi connectivity index (χ3n) is 2.39. The number of carboxylic acids is 1. The molecule has 1 amide bonds. The van der Waals surface area contributed by atoms with Crippen molar-refractivity contribution in [1.82, 2.24) is 5.32 Å². The number of nitrogens with one attached hydrogen (secondary N) is 1. The Hall–Kier alpha value is -1.07. The molecule has 0 radical (unpaired) electrons. The Morgan fingerprint density at radius 2 is 2.00 bits per heavy atom. The van der Waals surface area contributed by atoms with Gasteiger partial charge in [0, 0.05) is 4.47 Å². The highest BCUT2D eigenvalue weighted by molar-refractivity contribution is 9.10. The highest BCUT2D eigenvalue weighted by Gasteiger charge is 2.24. The summed E-state index contributed by atoms with van der Waals surface area (Å²) in [6, 6.07) is 3.89. The molecule has 4 nitrogen and oxygen atoms in total. The molecule has 0 aliphatic heterocycles. The van der Waals surface area contributed by atoms with E-state index in [2.05, 4.69) is 21.2 Å². The molecular weight excluding hydrogens is 321 g/mol. The van der Waals surface area contributed by atoms with Crippen LogP contribution in [0.1, 0.15) is 24.2 Å². The largest absolute Gasteiger partial charge is 0.480 e. The molecule has 2 N–H and O–H groups in total. The normalized spacial score (nSPS) is 12.3. The lowest BCUT2D eigenvalue weighted by Gasteiger charge is -2.18. The van der Waals surface area contributed by atoms with E-state index in [0.717, 1.165) is 0 Å². The number of carbonyl (C=O) groups excluding carboxylic acids is 1. The van der Waals surface area contributed by atoms with Gasteiger partial charge in [0.15, 0.2) is 0 Å². The average Bonchev–Trinajstić information content (AvgIpc) is 2.28. The summed E-state index contributed by atoms with van der Waals surface area (Å²) in [6.07, 6.45) is 0. The molecule has 0 aliphatic rings. The number of carboxylic acid groups (broad SMARTS) is 1. The number of halogens is 2. The molecule has 0 unspecified atom stereocenters. The van der Waals surface area contributed by atoms with Crippen LogP contribution in [-0.4, -0.2) is 23.0 Å². The number of rotatable bonds is 4. The summed E-state index contributed by atoms with van der Waals surface area (Å²) in [4.78, 5) is 23.0. The molecular formula is C12H13BrClNO3. The van der Waals surface area contributed by atoms with Crippen molar-refractivity contribution in [3.63, 3.8) is 0 Å². The smallest absolute Gasteiger partial charge is 0.326 e. The molecule has 1 atom stereocenters. The molecule has 18 heavy (non-hydrogen) atoms. The van der Waals surface area contributed by atoms with Gasteiger partial charge in [0.05, 0.1) is 10.6 Å². The van der Waals surface area contributed by atoms with Crippen LogP contribution in [0.25, 0.3) is 0 Å². The van der Waals surface area contributed by atoms with Crippen molar-refractivity contribution < 1.29 is 14.7 Å². The number of amides is 1. The first-order valence-electron chi connectivity index (χ1n) is 5.31. The third-order valence-corrected chi connectivity index (χ3v) is 3.22. The van der Waals surface area contributed by atoms with Crippen molar-refractivity contribution in [3.05, 3.63) is 33.3 Å². The van der Waals surface area contributed by atoms with E-state index in [1.54, 1.807) is 32.0 Å². The van der Waals surface area contributed by atoms with Crippen LogP contribution in [0.4, 0.5) is 0 Å². The molecule has 6 heteroatoms. The van der Waals surface area contributed by atoms with Crippen LogP contribution in [0.2, 0.25) is 5.02 Å². The van der Waals surface area contributed by atoms with Gasteiger partial charge < -0.3 is 10.4 Å². The summed E-state index contributed by atoms with van der Waals surface area (Å²) in [5, 5.41) is 11.7. The Labute approximate surface area is 118 Å². The van der Waals surface area contributed by atoms with Crippen molar-refractivity contribution in [1.29, 1.82) is 0 Å². The molecule has 1 aromatic carbocycles. The lowest BCUT2D eigenvalue weighted by Crippen LogP contribution is -2.44. The highest BCUT2D eigenvalue weighted by Crippen LogP contribution is 2.21. The average molecular weight is 335 g/mol. The molecule has 1 rings (SSSR count). The monoisotopic (exact) mass is 333 g/mol. The van der Waals surface area contributed by atoms with E-state index < -0.39 is 17.9 Å². The molecule has 1 aromatic rings. The minimum Gasteiger partial charge on any atom is -0.480 e. The first kappa shape index (κ1) is 15.0. The van der Waals surface area contributed by atoms with Gasteiger partial charge in [-0.1, -0.05) is 41.4 Å². The van der Waals surface area contributed by atoms with Crippen LogP contribution in [0, 0.1) is 5.92 Å². The van der Waals surface area contributed by atoms with E-state index in [1.807, 2.05) is 0 Å². The Kier molecular flexibility index (Phi) is 5.16. The first-order valence-corrected chi connectivity index (χ1v) is 6.48. The summed E-state index contributed by atoms with van der Waals surface area (Å²) in [5.41, 5.74) is 0.248. The molecule has 98 valence electrons. The SMILES string of the molecule is CC(C)[C@@H](NC(=O)c1cc(Br)ccc1Cl)C(=O)O. The third kappa shape index (κ3) is 3.71. The Balaban J connectivity index is 2.94. The molecule has 0 spiro atoms. The summed E-state index contributed by atoms with van der Waals surface area (Å²) in [7, 11) is 0. The molecule has 0 aromatic heterocycles. The van der Waals surface area contributed by atoms with E-state index in [-0.39, 0.29) is 16.5 Å². The fourth-order valence-electron chi connectivity index (χ4n) is 1.40. The zero-order chi connectivity index (χ0) is 13.9. The van der Waals surface area contributed by atoms with Crippen LogP contribution < -0.4 is 5.32 Å². The minimum absolute atomic E-state index is 0.211. The fraction of sp³-hybridized carbons (Fsp3) is 0.333. The standard InChI is InChI=1S/C12H13BrClNO3/c1-6(2)10(12(17)18)15-11(16)8-5-7(13)3-4-9(8)14/h3-6,10H,1-2H3,(H,15,16)(H,17,18)/t10-/m1/s1. The Morgan fingerprint density at radius 3 is 2.50 bits per heavy atom. The maximum absolute atomic E-state index is 12.0. The van der Waals surface area contributed by atoms with E-state index in [1.165, 1.54) is 0 Å². The van der Waals surface area contributed by atoms with Gasteiger partial charge >= 0.3 is 5.97 Å². The number of hydrogen-bond donors (Lipinski definition) is 2. The van der Waals surface area contributed by atoms with Gasteiger partial charge in [-0.25, -0.2) is 4.79 Å². The number of hydrogen-bond acceptors (Lipinski definition) is 2. The maximum Gasteiger partial charge on any atom is 0.326 e. The maximum atomic E-state index is 12.0. The summed E-state index contributed by atoms with van der Waals surface area (Å²) in [6.45, 7) is 3.45. The molecule has 0 saturated carbocycles. The molecule has 0 fully saturated rings. The molecule has 0 aliphatic carbocycles. The second kappa shape index (κ2) is 6.20. The lowest BCUT2D eigenvalue weighted by molar-refractivity contribution is -0.140. The zero-order valence-electron chi connectivity index (χ0n) is 9.91. The number of carbonyl (C=O) groups is 2.